The summed E-state index contributed by atoms with van der Waals surface area (Å²) in [7, 11) is 0. The Morgan fingerprint density at radius 3 is 2.50 bits per heavy atom. The van der Waals surface area contributed by atoms with Crippen LogP contribution < -0.4 is 10.6 Å². The maximum Gasteiger partial charge on any atom is 0.418 e. The second-order valence-corrected chi connectivity index (χ2v) is 5.74. The van der Waals surface area contributed by atoms with E-state index in [0.29, 0.717) is 16.9 Å². The maximum atomic E-state index is 13.1. The number of pyridine rings is 1. The fraction of sp³-hybridized carbons (Fsp3) is 0.0500. The van der Waals surface area contributed by atoms with Crippen molar-refractivity contribution in [2.75, 3.05) is 10.6 Å². The molecule has 0 aliphatic carbocycles. The Bertz CT molecular complexity index is 1060. The molecular formula is C20H13F3N4O. The molecule has 0 spiro atoms. The number of aromatic nitrogens is 1. The van der Waals surface area contributed by atoms with Crippen LogP contribution in [0.5, 0.6) is 0 Å². The molecule has 1 aromatic heterocycles. The second-order valence-electron chi connectivity index (χ2n) is 5.74. The lowest BCUT2D eigenvalue weighted by molar-refractivity contribution is -0.136. The van der Waals surface area contributed by atoms with Gasteiger partial charge in [-0.3, -0.25) is 9.78 Å². The van der Waals surface area contributed by atoms with Crippen molar-refractivity contribution in [3.05, 3.63) is 83.7 Å². The molecule has 0 saturated carbocycles. The van der Waals surface area contributed by atoms with Gasteiger partial charge in [0.15, 0.2) is 0 Å². The molecular weight excluding hydrogens is 369 g/mol. The summed E-state index contributed by atoms with van der Waals surface area (Å²) in [4.78, 5) is 16.3. The molecule has 1 heterocycles. The number of nitrogens with zero attached hydrogens (tertiary/aromatic N) is 2. The number of nitrogens with one attached hydrogen (secondary N) is 2. The minimum absolute atomic E-state index is 0.0570. The monoisotopic (exact) mass is 382 g/mol. The lowest BCUT2D eigenvalue weighted by Crippen LogP contribution is -2.17. The predicted octanol–water partition coefficient (Wildman–Crippen LogP) is 4.97. The van der Waals surface area contributed by atoms with Crippen molar-refractivity contribution in [1.82, 2.24) is 4.98 Å². The van der Waals surface area contributed by atoms with E-state index in [9.17, 15) is 18.0 Å². The first-order chi connectivity index (χ1) is 13.4. The molecule has 1 amide bonds. The third kappa shape index (κ3) is 4.45. The smallest absolute Gasteiger partial charge is 0.355 e. The van der Waals surface area contributed by atoms with E-state index >= 15 is 0 Å². The summed E-state index contributed by atoms with van der Waals surface area (Å²) >= 11 is 0. The van der Waals surface area contributed by atoms with Crippen LogP contribution in [0, 0.1) is 11.3 Å². The number of para-hydroxylation sites is 1. The molecule has 0 aliphatic heterocycles. The summed E-state index contributed by atoms with van der Waals surface area (Å²) in [5.41, 5.74) is 0.241. The maximum absolute atomic E-state index is 13.1. The van der Waals surface area contributed by atoms with Gasteiger partial charge in [0.1, 0.15) is 5.69 Å². The molecule has 0 bridgehead atoms. The van der Waals surface area contributed by atoms with E-state index in [4.69, 9.17) is 5.26 Å². The Kier molecular flexibility index (Phi) is 5.27. The molecule has 0 saturated heterocycles. The summed E-state index contributed by atoms with van der Waals surface area (Å²) in [5.74, 6) is -0.772. The average Bonchev–Trinajstić information content (AvgIpc) is 2.68. The van der Waals surface area contributed by atoms with E-state index in [1.165, 1.54) is 30.5 Å². The van der Waals surface area contributed by atoms with Crippen LogP contribution in [0.15, 0.2) is 66.9 Å². The first kappa shape index (κ1) is 18.9. The fourth-order valence-corrected chi connectivity index (χ4v) is 2.49. The number of carbonyl (C=O) groups is 1. The summed E-state index contributed by atoms with van der Waals surface area (Å²) in [5, 5.41) is 14.2. The van der Waals surface area contributed by atoms with Crippen LogP contribution in [0.1, 0.15) is 21.6 Å². The lowest BCUT2D eigenvalue weighted by Gasteiger charge is -2.13. The van der Waals surface area contributed by atoms with Gasteiger partial charge in [0.25, 0.3) is 5.91 Å². The molecule has 3 aromatic rings. The van der Waals surface area contributed by atoms with Crippen molar-refractivity contribution < 1.29 is 18.0 Å². The Morgan fingerprint density at radius 1 is 1.00 bits per heavy atom. The number of benzene rings is 2. The summed E-state index contributed by atoms with van der Waals surface area (Å²) in [6.07, 6.45) is -3.23. The SMILES string of the molecule is N#Cc1cccc(Nc2ccnc(C(=O)Nc3ccccc3C(F)(F)F)c2)c1. The van der Waals surface area contributed by atoms with Crippen LogP contribution in [-0.4, -0.2) is 10.9 Å². The highest BCUT2D eigenvalue weighted by Crippen LogP contribution is 2.34. The molecule has 0 fully saturated rings. The Balaban J connectivity index is 1.81. The van der Waals surface area contributed by atoms with Crippen molar-refractivity contribution in [2.45, 2.75) is 6.18 Å². The standard InChI is InChI=1S/C20H13F3N4O/c21-20(22,23)16-6-1-2-7-17(16)27-19(28)18-11-15(8-9-25-18)26-14-5-3-4-13(10-14)12-24/h1-11H,(H,25,26)(H,27,28). The van der Waals surface area contributed by atoms with Gasteiger partial charge in [-0.1, -0.05) is 18.2 Å². The fourth-order valence-electron chi connectivity index (χ4n) is 2.49. The highest BCUT2D eigenvalue weighted by Gasteiger charge is 2.33. The minimum atomic E-state index is -4.59. The zero-order valence-electron chi connectivity index (χ0n) is 14.3. The van der Waals surface area contributed by atoms with Crippen LogP contribution in [0.25, 0.3) is 0 Å². The van der Waals surface area contributed by atoms with E-state index in [1.54, 1.807) is 30.3 Å². The van der Waals surface area contributed by atoms with Crippen LogP contribution in [0.3, 0.4) is 0 Å². The lowest BCUT2D eigenvalue weighted by atomic mass is 10.1. The van der Waals surface area contributed by atoms with Crippen molar-refractivity contribution in [1.29, 1.82) is 5.26 Å². The molecule has 0 unspecified atom stereocenters. The number of halogens is 3. The molecule has 140 valence electrons. The zero-order valence-corrected chi connectivity index (χ0v) is 14.3. The number of hydrogen-bond acceptors (Lipinski definition) is 4. The number of nitriles is 1. The first-order valence-electron chi connectivity index (χ1n) is 8.07. The molecule has 2 N–H and O–H groups in total. The molecule has 0 aliphatic rings. The first-order valence-corrected chi connectivity index (χ1v) is 8.07. The molecule has 28 heavy (non-hydrogen) atoms. The third-order valence-electron chi connectivity index (χ3n) is 3.75. The van der Waals surface area contributed by atoms with E-state index in [1.807, 2.05) is 6.07 Å². The van der Waals surface area contributed by atoms with Gasteiger partial charge in [-0.2, -0.15) is 18.4 Å². The van der Waals surface area contributed by atoms with Crippen LogP contribution in [-0.2, 0) is 6.18 Å². The molecule has 2 aromatic carbocycles. The summed E-state index contributed by atoms with van der Waals surface area (Å²) < 4.78 is 39.2. The molecule has 5 nitrogen and oxygen atoms in total. The zero-order chi connectivity index (χ0) is 20.1. The normalized spacial score (nSPS) is 10.8. The van der Waals surface area contributed by atoms with Gasteiger partial charge in [-0.25, -0.2) is 0 Å². The number of anilines is 3. The van der Waals surface area contributed by atoms with Gasteiger partial charge < -0.3 is 10.6 Å². The average molecular weight is 382 g/mol. The van der Waals surface area contributed by atoms with Gasteiger partial charge in [-0.15, -0.1) is 0 Å². The van der Waals surface area contributed by atoms with E-state index in [-0.39, 0.29) is 11.4 Å². The van der Waals surface area contributed by atoms with Gasteiger partial charge in [0.2, 0.25) is 0 Å². The topological polar surface area (TPSA) is 77.8 Å². The van der Waals surface area contributed by atoms with Gasteiger partial charge in [0.05, 0.1) is 22.9 Å². The Hall–Kier alpha value is -3.86. The minimum Gasteiger partial charge on any atom is -0.355 e. The Labute approximate surface area is 158 Å². The summed E-state index contributed by atoms with van der Waals surface area (Å²) in [6, 6.07) is 16.4. The number of alkyl halides is 3. The third-order valence-corrected chi connectivity index (χ3v) is 3.75. The van der Waals surface area contributed by atoms with E-state index in [2.05, 4.69) is 15.6 Å². The van der Waals surface area contributed by atoms with Crippen LogP contribution in [0.2, 0.25) is 0 Å². The Morgan fingerprint density at radius 2 is 1.75 bits per heavy atom. The van der Waals surface area contributed by atoms with E-state index < -0.39 is 17.6 Å². The van der Waals surface area contributed by atoms with Crippen molar-refractivity contribution in [3.8, 4) is 6.07 Å². The van der Waals surface area contributed by atoms with Crippen LogP contribution in [0.4, 0.5) is 30.2 Å². The highest BCUT2D eigenvalue weighted by atomic mass is 19.4. The van der Waals surface area contributed by atoms with Crippen molar-refractivity contribution in [3.63, 3.8) is 0 Å². The number of hydrogen-bond donors (Lipinski definition) is 2. The van der Waals surface area contributed by atoms with Gasteiger partial charge in [0, 0.05) is 17.6 Å². The van der Waals surface area contributed by atoms with Gasteiger partial charge >= 0.3 is 6.18 Å². The quantitative estimate of drug-likeness (QED) is 0.668. The summed E-state index contributed by atoms with van der Waals surface area (Å²) in [6.45, 7) is 0. The molecule has 8 heteroatoms. The molecule has 3 rings (SSSR count). The predicted molar refractivity (Wildman–Crippen MR) is 98.1 cm³/mol. The number of amides is 1. The number of carbonyl (C=O) groups excluding carboxylic acids is 1. The largest absolute Gasteiger partial charge is 0.418 e. The van der Waals surface area contributed by atoms with Crippen LogP contribution >= 0.6 is 0 Å². The van der Waals surface area contributed by atoms with Crippen molar-refractivity contribution in [2.24, 2.45) is 0 Å². The van der Waals surface area contributed by atoms with Crippen molar-refractivity contribution >= 4 is 23.0 Å². The molecule has 0 radical (unpaired) electrons. The van der Waals surface area contributed by atoms with Gasteiger partial charge in [-0.05, 0) is 42.5 Å². The van der Waals surface area contributed by atoms with E-state index in [0.717, 1.165) is 6.07 Å². The number of rotatable bonds is 4. The second kappa shape index (κ2) is 7.80. The highest BCUT2D eigenvalue weighted by molar-refractivity contribution is 6.03. The molecule has 0 atom stereocenters.